The van der Waals surface area contributed by atoms with E-state index in [1.54, 1.807) is 0 Å². The summed E-state index contributed by atoms with van der Waals surface area (Å²) in [7, 11) is -4.41. The predicted octanol–water partition coefficient (Wildman–Crippen LogP) is 23.0. The number of esters is 2. The predicted molar refractivity (Wildman–Crippen MR) is 376 cm³/mol. The molecule has 2 atom stereocenters. The molecule has 0 fully saturated rings. The van der Waals surface area contributed by atoms with Crippen LogP contribution >= 0.6 is 7.82 Å². The van der Waals surface area contributed by atoms with E-state index in [4.69, 9.17) is 24.3 Å². The van der Waals surface area contributed by atoms with E-state index >= 15 is 0 Å². The molecule has 0 aliphatic carbocycles. The third kappa shape index (κ3) is 70.3. The van der Waals surface area contributed by atoms with Crippen LogP contribution in [0.5, 0.6) is 0 Å². The summed E-state index contributed by atoms with van der Waals surface area (Å²) in [6, 6.07) is 0. The van der Waals surface area contributed by atoms with Crippen molar-refractivity contribution in [3.63, 3.8) is 0 Å². The molecule has 0 aromatic rings. The van der Waals surface area contributed by atoms with Gasteiger partial charge in [-0.05, 0) is 128 Å². The second-order valence-corrected chi connectivity index (χ2v) is 23.7. The number of hydrogen-bond donors (Lipinski definition) is 2. The highest BCUT2D eigenvalue weighted by molar-refractivity contribution is 7.47. The zero-order chi connectivity index (χ0) is 63.0. The number of nitrogens with two attached hydrogens (primary N) is 1. The molecule has 0 heterocycles. The van der Waals surface area contributed by atoms with Crippen molar-refractivity contribution in [2.75, 3.05) is 26.4 Å². The summed E-state index contributed by atoms with van der Waals surface area (Å²) in [5, 5.41) is 0. The first-order valence-electron chi connectivity index (χ1n) is 34.6. The molecule has 0 aliphatic heterocycles. The summed E-state index contributed by atoms with van der Waals surface area (Å²) in [5.74, 6) is -0.841. The van der Waals surface area contributed by atoms with Crippen molar-refractivity contribution in [3.05, 3.63) is 170 Å². The van der Waals surface area contributed by atoms with Gasteiger partial charge in [-0.3, -0.25) is 18.6 Å². The molecule has 0 aromatic carbocycles. The fourth-order valence-corrected chi connectivity index (χ4v) is 9.83. The van der Waals surface area contributed by atoms with Gasteiger partial charge in [-0.25, -0.2) is 4.57 Å². The molecular formula is C77H126NO8P. The lowest BCUT2D eigenvalue weighted by Gasteiger charge is -2.19. The number of ether oxygens (including phenoxy) is 2. The van der Waals surface area contributed by atoms with Crippen LogP contribution in [-0.4, -0.2) is 49.3 Å². The van der Waals surface area contributed by atoms with Crippen molar-refractivity contribution >= 4 is 19.8 Å². The van der Waals surface area contributed by atoms with Gasteiger partial charge >= 0.3 is 19.8 Å². The van der Waals surface area contributed by atoms with E-state index in [0.717, 1.165) is 141 Å². The van der Waals surface area contributed by atoms with Crippen LogP contribution in [0.1, 0.15) is 271 Å². The summed E-state index contributed by atoms with van der Waals surface area (Å²) in [5.41, 5.74) is 5.40. The number of carbonyl (C=O) groups is 2. The van der Waals surface area contributed by atoms with Crippen LogP contribution in [0.25, 0.3) is 0 Å². The molecular weight excluding hydrogens is 1100 g/mol. The summed E-state index contributed by atoms with van der Waals surface area (Å²) in [4.78, 5) is 35.3. The van der Waals surface area contributed by atoms with E-state index in [2.05, 4.69) is 184 Å². The summed E-state index contributed by atoms with van der Waals surface area (Å²) in [6.45, 7) is 3.51. The van der Waals surface area contributed by atoms with E-state index in [-0.39, 0.29) is 38.6 Å². The maximum atomic E-state index is 12.8. The van der Waals surface area contributed by atoms with Gasteiger partial charge in [0.25, 0.3) is 0 Å². The Kier molecular flexibility index (Phi) is 66.7. The number of carbonyl (C=O) groups excluding carboxylic acids is 2. The Morgan fingerprint density at radius 3 is 0.885 bits per heavy atom. The van der Waals surface area contributed by atoms with Crippen LogP contribution in [0, 0.1) is 0 Å². The lowest BCUT2D eigenvalue weighted by Crippen LogP contribution is -2.29. The molecule has 0 saturated carbocycles. The number of unbranched alkanes of at least 4 members (excludes halogenated alkanes) is 22. The number of allylic oxidation sites excluding steroid dienone is 28. The van der Waals surface area contributed by atoms with E-state index < -0.39 is 26.5 Å². The second kappa shape index (κ2) is 70.5. The Hall–Kier alpha value is -4.63. The normalized spacial score (nSPS) is 14.0. The van der Waals surface area contributed by atoms with Gasteiger partial charge in [0.1, 0.15) is 6.61 Å². The van der Waals surface area contributed by atoms with E-state index in [1.165, 1.54) is 96.3 Å². The van der Waals surface area contributed by atoms with Gasteiger partial charge in [0.2, 0.25) is 0 Å². The highest BCUT2D eigenvalue weighted by atomic mass is 31.2. The van der Waals surface area contributed by atoms with Gasteiger partial charge in [-0.1, -0.05) is 300 Å². The monoisotopic (exact) mass is 1220 g/mol. The minimum absolute atomic E-state index is 0.0450. The van der Waals surface area contributed by atoms with Gasteiger partial charge in [-0.15, -0.1) is 0 Å². The Morgan fingerprint density at radius 2 is 0.598 bits per heavy atom. The first kappa shape index (κ1) is 82.4. The number of phosphoric ester groups is 1. The molecule has 0 aliphatic rings. The molecule has 0 rings (SSSR count). The fourth-order valence-electron chi connectivity index (χ4n) is 9.07. The molecule has 0 radical (unpaired) electrons. The summed E-state index contributed by atoms with van der Waals surface area (Å²) < 4.78 is 33.2. The van der Waals surface area contributed by atoms with Gasteiger partial charge in [-0.2, -0.15) is 0 Å². The molecule has 3 N–H and O–H groups in total. The number of rotatable bonds is 63. The van der Waals surface area contributed by atoms with Crippen LogP contribution in [-0.2, 0) is 32.7 Å². The number of hydrogen-bond acceptors (Lipinski definition) is 8. The molecule has 0 aromatic heterocycles. The van der Waals surface area contributed by atoms with Gasteiger partial charge < -0.3 is 20.1 Å². The Bertz CT molecular complexity index is 2030. The second-order valence-electron chi connectivity index (χ2n) is 22.3. The van der Waals surface area contributed by atoms with Gasteiger partial charge in [0.15, 0.2) is 6.10 Å². The van der Waals surface area contributed by atoms with Crippen LogP contribution in [0.4, 0.5) is 0 Å². The summed E-state index contributed by atoms with van der Waals surface area (Å²) >= 11 is 0. The quantitative estimate of drug-likeness (QED) is 0.0264. The SMILES string of the molecule is CC/C=C\C/C=C\C/C=C\C/C=C\C/C=C\C/C=C\C/C=C\C/C=C\C/C=C\C/C=C\CCCCCCCCCCCCC(=O)OC(COC(=O)CCCCCCCCCCCCCC/C=C\C/C=C\C/C=C\C/C=C\CC)COP(=O)(O)OCCN. The van der Waals surface area contributed by atoms with E-state index in [0.29, 0.717) is 6.42 Å². The van der Waals surface area contributed by atoms with Crippen molar-refractivity contribution in [3.8, 4) is 0 Å². The van der Waals surface area contributed by atoms with E-state index in [1.807, 2.05) is 0 Å². The van der Waals surface area contributed by atoms with Crippen LogP contribution < -0.4 is 5.73 Å². The van der Waals surface area contributed by atoms with Gasteiger partial charge in [0.05, 0.1) is 13.2 Å². The zero-order valence-corrected chi connectivity index (χ0v) is 56.1. The average molecular weight is 1220 g/mol. The molecule has 9 nitrogen and oxygen atoms in total. The van der Waals surface area contributed by atoms with Crippen LogP contribution in [0.2, 0.25) is 0 Å². The topological polar surface area (TPSA) is 134 Å². The smallest absolute Gasteiger partial charge is 0.462 e. The molecule has 2 unspecified atom stereocenters. The molecule has 492 valence electrons. The highest BCUT2D eigenvalue weighted by Crippen LogP contribution is 2.43. The molecule has 87 heavy (non-hydrogen) atoms. The van der Waals surface area contributed by atoms with Crippen LogP contribution in [0.3, 0.4) is 0 Å². The van der Waals surface area contributed by atoms with Crippen molar-refractivity contribution < 1.29 is 37.6 Å². The molecule has 0 amide bonds. The molecule has 0 bridgehead atoms. The third-order valence-electron chi connectivity index (χ3n) is 14.1. The Morgan fingerprint density at radius 1 is 0.345 bits per heavy atom. The summed E-state index contributed by atoms with van der Waals surface area (Å²) in [6.07, 6.45) is 104. The van der Waals surface area contributed by atoms with Crippen LogP contribution in [0.15, 0.2) is 170 Å². The molecule has 10 heteroatoms. The average Bonchev–Trinajstić information content (AvgIpc) is 3.65. The van der Waals surface area contributed by atoms with E-state index in [9.17, 15) is 19.0 Å². The van der Waals surface area contributed by atoms with Crippen molar-refractivity contribution in [2.24, 2.45) is 5.73 Å². The number of phosphoric acid groups is 1. The maximum absolute atomic E-state index is 12.8. The minimum Gasteiger partial charge on any atom is -0.462 e. The largest absolute Gasteiger partial charge is 0.472 e. The molecule has 0 spiro atoms. The molecule has 0 saturated heterocycles. The zero-order valence-electron chi connectivity index (χ0n) is 55.2. The standard InChI is InChI=1S/C77H126NO8P/c1-3-5-7-9-11-13-15-17-19-21-23-25-27-29-30-31-32-33-34-35-36-37-38-39-40-41-42-43-44-46-48-50-52-54-56-58-60-62-64-66-68-70-77(80)86-75(74-85-87(81,82)84-72-71-78)73-83-76(79)69-67-65-63-61-59-57-55-53-51-49-47-45-28-26-24-22-20-18-16-14-12-10-8-6-4-2/h5-8,11-14,17-20,23-26,29-30,32-33,35-36,38-39,41-42,44,46,75H,3-4,9-10,15-16,21-22,27-28,31,34,37,40,43,45,47-74,78H2,1-2H3,(H,81,82)/b7-5-,8-6-,13-11-,14-12-,19-17-,20-18-,25-23-,26-24-,30-29-,33-32-,36-35-,39-38-,42-41-,46-44-. The Balaban J connectivity index is 3.96. The Labute approximate surface area is 533 Å². The minimum atomic E-state index is -4.41. The van der Waals surface area contributed by atoms with Crippen molar-refractivity contribution in [1.82, 2.24) is 0 Å². The first-order valence-corrected chi connectivity index (χ1v) is 36.1. The highest BCUT2D eigenvalue weighted by Gasteiger charge is 2.26. The van der Waals surface area contributed by atoms with Crippen molar-refractivity contribution in [2.45, 2.75) is 277 Å². The van der Waals surface area contributed by atoms with Gasteiger partial charge in [0, 0.05) is 19.4 Å². The maximum Gasteiger partial charge on any atom is 0.472 e. The lowest BCUT2D eigenvalue weighted by molar-refractivity contribution is -0.161. The van der Waals surface area contributed by atoms with Crippen molar-refractivity contribution in [1.29, 1.82) is 0 Å². The fraction of sp³-hybridized carbons (Fsp3) is 0.610. The first-order chi connectivity index (χ1) is 42.8. The third-order valence-corrected chi connectivity index (χ3v) is 15.1. The lowest BCUT2D eigenvalue weighted by atomic mass is 10.0.